The Morgan fingerprint density at radius 2 is 1.79 bits per heavy atom. The zero-order valence-corrected chi connectivity index (χ0v) is 11.9. The van der Waals surface area contributed by atoms with Crippen LogP contribution in [0.15, 0.2) is 18.2 Å². The zero-order chi connectivity index (χ0) is 14.0. The molecule has 1 aromatic rings. The quantitative estimate of drug-likeness (QED) is 0.853. The Morgan fingerprint density at radius 3 is 2.42 bits per heavy atom. The Hall–Kier alpha value is -0.960. The monoisotopic (exact) mass is 267 g/mol. The summed E-state index contributed by atoms with van der Waals surface area (Å²) in [7, 11) is 0. The number of nitrogens with one attached hydrogen (secondary N) is 1. The second kappa shape index (κ2) is 6.00. The van der Waals surface area contributed by atoms with Crippen molar-refractivity contribution in [3.63, 3.8) is 0 Å². The highest BCUT2D eigenvalue weighted by Gasteiger charge is 2.28. The summed E-state index contributed by atoms with van der Waals surface area (Å²) in [5, 5.41) is 3.42. The Kier molecular flexibility index (Phi) is 4.56. The highest BCUT2D eigenvalue weighted by molar-refractivity contribution is 5.23. The van der Waals surface area contributed by atoms with Crippen molar-refractivity contribution in [2.75, 3.05) is 0 Å². The lowest BCUT2D eigenvalue weighted by molar-refractivity contribution is 0.214. The maximum absolute atomic E-state index is 13.7. The van der Waals surface area contributed by atoms with E-state index in [1.807, 2.05) is 6.92 Å². The van der Waals surface area contributed by atoms with Gasteiger partial charge in [0.05, 0.1) is 0 Å². The van der Waals surface area contributed by atoms with Gasteiger partial charge in [-0.2, -0.15) is 0 Å². The highest BCUT2D eigenvalue weighted by Crippen LogP contribution is 2.30. The van der Waals surface area contributed by atoms with E-state index in [4.69, 9.17) is 0 Å². The largest absolute Gasteiger partial charge is 0.307 e. The van der Waals surface area contributed by atoms with E-state index < -0.39 is 11.6 Å². The van der Waals surface area contributed by atoms with Gasteiger partial charge in [0.2, 0.25) is 0 Å². The normalized spacial score (nSPS) is 29.2. The van der Waals surface area contributed by atoms with Gasteiger partial charge in [0, 0.05) is 17.6 Å². The number of halogens is 2. The van der Waals surface area contributed by atoms with Crippen molar-refractivity contribution >= 4 is 0 Å². The van der Waals surface area contributed by atoms with Crippen LogP contribution in [0, 0.1) is 23.5 Å². The summed E-state index contributed by atoms with van der Waals surface area (Å²) in [6, 6.07) is 4.11. The fourth-order valence-electron chi connectivity index (χ4n) is 3.09. The molecule has 19 heavy (non-hydrogen) atoms. The predicted octanol–water partition coefficient (Wildman–Crippen LogP) is 4.44. The van der Waals surface area contributed by atoms with Crippen LogP contribution in [0.2, 0.25) is 0 Å². The molecule has 1 nitrogen and oxygen atoms in total. The molecule has 1 saturated carbocycles. The van der Waals surface area contributed by atoms with E-state index in [2.05, 4.69) is 19.2 Å². The van der Waals surface area contributed by atoms with E-state index in [0.29, 0.717) is 17.9 Å². The fourth-order valence-corrected chi connectivity index (χ4v) is 3.09. The summed E-state index contributed by atoms with van der Waals surface area (Å²) in [5.41, 5.74) is 0.160. The molecule has 1 fully saturated rings. The minimum absolute atomic E-state index is 0.160. The van der Waals surface area contributed by atoms with Crippen LogP contribution in [-0.4, -0.2) is 6.04 Å². The maximum Gasteiger partial charge on any atom is 0.130 e. The van der Waals surface area contributed by atoms with Crippen LogP contribution >= 0.6 is 0 Å². The molecular weight excluding hydrogens is 244 g/mol. The van der Waals surface area contributed by atoms with Gasteiger partial charge < -0.3 is 5.32 Å². The van der Waals surface area contributed by atoms with Gasteiger partial charge in [0.1, 0.15) is 11.6 Å². The smallest absolute Gasteiger partial charge is 0.130 e. The van der Waals surface area contributed by atoms with Crippen molar-refractivity contribution in [3.8, 4) is 0 Å². The Balaban J connectivity index is 2.10. The van der Waals surface area contributed by atoms with Gasteiger partial charge in [-0.25, -0.2) is 8.78 Å². The van der Waals surface area contributed by atoms with Gasteiger partial charge in [-0.3, -0.25) is 0 Å². The summed E-state index contributed by atoms with van der Waals surface area (Å²) in [6.45, 7) is 6.30. The van der Waals surface area contributed by atoms with Crippen LogP contribution in [0.25, 0.3) is 0 Å². The van der Waals surface area contributed by atoms with Crippen LogP contribution in [0.5, 0.6) is 0 Å². The first-order valence-electron chi connectivity index (χ1n) is 7.19. The van der Waals surface area contributed by atoms with Crippen molar-refractivity contribution in [2.45, 2.75) is 52.1 Å². The molecule has 4 unspecified atom stereocenters. The van der Waals surface area contributed by atoms with Crippen molar-refractivity contribution < 1.29 is 8.78 Å². The third-order valence-electron chi connectivity index (χ3n) is 4.35. The lowest BCUT2D eigenvalue weighted by atomic mass is 9.79. The first-order valence-corrected chi connectivity index (χ1v) is 7.19. The van der Waals surface area contributed by atoms with E-state index >= 15 is 0 Å². The highest BCUT2D eigenvalue weighted by atomic mass is 19.1. The predicted molar refractivity (Wildman–Crippen MR) is 73.9 cm³/mol. The van der Waals surface area contributed by atoms with Gasteiger partial charge in [-0.05, 0) is 43.7 Å². The molecule has 0 aliphatic heterocycles. The molecule has 1 N–H and O–H groups in total. The topological polar surface area (TPSA) is 12.0 Å². The minimum atomic E-state index is -0.462. The van der Waals surface area contributed by atoms with Gasteiger partial charge in [0.25, 0.3) is 0 Å². The Labute approximate surface area is 114 Å². The molecule has 0 amide bonds. The van der Waals surface area contributed by atoms with Gasteiger partial charge >= 0.3 is 0 Å². The molecule has 0 saturated heterocycles. The average molecular weight is 267 g/mol. The third kappa shape index (κ3) is 3.33. The Bertz CT molecular complexity index is 413. The fraction of sp³-hybridized carbons (Fsp3) is 0.625. The number of benzene rings is 1. The molecule has 0 aromatic heterocycles. The summed E-state index contributed by atoms with van der Waals surface area (Å²) >= 11 is 0. The molecule has 0 spiro atoms. The lowest BCUT2D eigenvalue weighted by Gasteiger charge is -2.35. The first-order chi connectivity index (χ1) is 8.99. The van der Waals surface area contributed by atoms with Gasteiger partial charge in [-0.1, -0.05) is 26.3 Å². The molecule has 1 aliphatic rings. The van der Waals surface area contributed by atoms with E-state index in [1.54, 1.807) is 0 Å². The SMILES string of the molecule is CC1CCC(C)C(NC(C)c2c(F)cccc2F)C1. The Morgan fingerprint density at radius 1 is 1.16 bits per heavy atom. The molecule has 106 valence electrons. The minimum Gasteiger partial charge on any atom is -0.307 e. The average Bonchev–Trinajstić information content (AvgIpc) is 2.33. The molecule has 0 heterocycles. The molecule has 0 radical (unpaired) electrons. The van der Waals surface area contributed by atoms with E-state index in [-0.39, 0.29) is 11.6 Å². The van der Waals surface area contributed by atoms with Crippen LogP contribution in [0.3, 0.4) is 0 Å². The summed E-state index contributed by atoms with van der Waals surface area (Å²) in [5.74, 6) is 0.327. The van der Waals surface area contributed by atoms with Crippen LogP contribution in [0.4, 0.5) is 8.78 Å². The molecule has 4 atom stereocenters. The second-order valence-electron chi connectivity index (χ2n) is 6.03. The van der Waals surface area contributed by atoms with Crippen LogP contribution in [0.1, 0.15) is 51.6 Å². The lowest BCUT2D eigenvalue weighted by Crippen LogP contribution is -2.41. The van der Waals surface area contributed by atoms with E-state index in [1.165, 1.54) is 31.0 Å². The van der Waals surface area contributed by atoms with Crippen molar-refractivity contribution in [1.82, 2.24) is 5.32 Å². The first kappa shape index (κ1) is 14.4. The van der Waals surface area contributed by atoms with Gasteiger partial charge in [0.15, 0.2) is 0 Å². The molecular formula is C16H23F2N. The van der Waals surface area contributed by atoms with Crippen molar-refractivity contribution in [2.24, 2.45) is 11.8 Å². The molecule has 0 bridgehead atoms. The van der Waals surface area contributed by atoms with Crippen LogP contribution < -0.4 is 5.32 Å². The summed E-state index contributed by atoms with van der Waals surface area (Å²) in [4.78, 5) is 0. The zero-order valence-electron chi connectivity index (χ0n) is 11.9. The maximum atomic E-state index is 13.7. The standard InChI is InChI=1S/C16H23F2N/c1-10-7-8-11(2)15(9-10)19-12(3)16-13(17)5-4-6-14(16)18/h4-6,10-12,15,19H,7-9H2,1-3H3. The number of hydrogen-bond donors (Lipinski definition) is 1. The second-order valence-corrected chi connectivity index (χ2v) is 6.03. The number of rotatable bonds is 3. The van der Waals surface area contributed by atoms with Crippen molar-refractivity contribution in [1.29, 1.82) is 0 Å². The summed E-state index contributed by atoms with van der Waals surface area (Å²) in [6.07, 6.45) is 3.52. The van der Waals surface area contributed by atoms with Gasteiger partial charge in [-0.15, -0.1) is 0 Å². The third-order valence-corrected chi connectivity index (χ3v) is 4.35. The number of hydrogen-bond acceptors (Lipinski definition) is 1. The summed E-state index contributed by atoms with van der Waals surface area (Å²) < 4.78 is 27.5. The van der Waals surface area contributed by atoms with Crippen molar-refractivity contribution in [3.05, 3.63) is 35.4 Å². The molecule has 1 aliphatic carbocycles. The molecule has 3 heteroatoms. The molecule has 2 rings (SSSR count). The molecule has 1 aromatic carbocycles. The van der Waals surface area contributed by atoms with Crippen LogP contribution in [-0.2, 0) is 0 Å². The van der Waals surface area contributed by atoms with E-state index in [0.717, 1.165) is 6.42 Å². The van der Waals surface area contributed by atoms with E-state index in [9.17, 15) is 8.78 Å².